The minimum atomic E-state index is -0.862. The summed E-state index contributed by atoms with van der Waals surface area (Å²) in [4.78, 5) is 45.5. The van der Waals surface area contributed by atoms with Crippen molar-refractivity contribution in [3.8, 4) is 0 Å². The predicted molar refractivity (Wildman–Crippen MR) is 156 cm³/mol. The van der Waals surface area contributed by atoms with Crippen molar-refractivity contribution in [1.82, 2.24) is 30.7 Å². The molecule has 3 rings (SSSR count). The monoisotopic (exact) mass is 582 g/mol. The fourth-order valence-corrected chi connectivity index (χ4v) is 5.35. The van der Waals surface area contributed by atoms with E-state index in [1.165, 1.54) is 0 Å². The first-order chi connectivity index (χ1) is 19.6. The maximum atomic E-state index is 12.9. The van der Waals surface area contributed by atoms with Gasteiger partial charge in [0, 0.05) is 98.2 Å². The van der Waals surface area contributed by atoms with Gasteiger partial charge in [-0.25, -0.2) is 0 Å². The van der Waals surface area contributed by atoms with Gasteiger partial charge in [-0.15, -0.1) is 0 Å². The van der Waals surface area contributed by atoms with Gasteiger partial charge in [-0.05, 0) is 6.92 Å². The Labute approximate surface area is 246 Å². The van der Waals surface area contributed by atoms with Crippen LogP contribution in [0.5, 0.6) is 0 Å². The number of piperazine rings is 3. The van der Waals surface area contributed by atoms with Gasteiger partial charge in [0.2, 0.25) is 0 Å². The van der Waals surface area contributed by atoms with Gasteiger partial charge in [0.1, 0.15) is 19.8 Å². The van der Waals surface area contributed by atoms with E-state index in [2.05, 4.69) is 30.7 Å². The van der Waals surface area contributed by atoms with E-state index in [0.717, 1.165) is 78.5 Å². The minimum absolute atomic E-state index is 0.00333. The summed E-state index contributed by atoms with van der Waals surface area (Å²) in [6, 6.07) is 0. The van der Waals surface area contributed by atoms with Crippen LogP contribution >= 0.6 is 0 Å². The Morgan fingerprint density at radius 1 is 0.561 bits per heavy atom. The normalized spacial score (nSPS) is 23.1. The maximum absolute atomic E-state index is 12.9. The van der Waals surface area contributed by atoms with E-state index in [1.54, 1.807) is 0 Å². The lowest BCUT2D eigenvalue weighted by atomic mass is 9.94. The molecule has 3 heterocycles. The second-order valence-electron chi connectivity index (χ2n) is 12.5. The van der Waals surface area contributed by atoms with E-state index in [-0.39, 0.29) is 55.5 Å². The molecule has 3 atom stereocenters. The third-order valence-electron chi connectivity index (χ3n) is 8.12. The number of hydrogen-bond acceptors (Lipinski definition) is 12. The number of carbonyl (C=O) groups excluding carboxylic acids is 3. The van der Waals surface area contributed by atoms with Gasteiger partial charge < -0.3 is 30.2 Å². The van der Waals surface area contributed by atoms with Crippen LogP contribution in [0.25, 0.3) is 0 Å². The highest BCUT2D eigenvalue weighted by molar-refractivity contribution is 5.73. The summed E-state index contributed by atoms with van der Waals surface area (Å²) in [5, 5.41) is 9.95. The Bertz CT molecular complexity index is 711. The van der Waals surface area contributed by atoms with E-state index in [0.29, 0.717) is 19.6 Å². The van der Waals surface area contributed by atoms with Gasteiger partial charge in [0.15, 0.2) is 0 Å². The highest BCUT2D eigenvalue weighted by atomic mass is 16.6. The van der Waals surface area contributed by atoms with Crippen LogP contribution in [0.15, 0.2) is 0 Å². The number of esters is 3. The van der Waals surface area contributed by atoms with Crippen molar-refractivity contribution in [3.63, 3.8) is 0 Å². The Kier molecular flexibility index (Phi) is 14.2. The number of rotatable bonds is 15. The van der Waals surface area contributed by atoms with Gasteiger partial charge in [-0.1, -0.05) is 20.8 Å². The van der Waals surface area contributed by atoms with E-state index in [4.69, 9.17) is 14.2 Å². The quantitative estimate of drug-likeness (QED) is 0.166. The number of nitrogens with zero attached hydrogens (tertiary/aromatic N) is 3. The number of ether oxygens (including phenoxy) is 3. The first-order valence-corrected chi connectivity index (χ1v) is 15.4. The molecule has 0 aromatic rings. The number of carbonyl (C=O) groups is 3. The third kappa shape index (κ3) is 12.1. The van der Waals surface area contributed by atoms with Gasteiger partial charge >= 0.3 is 17.9 Å². The molecule has 0 aromatic heterocycles. The SMILES string of the molecule is CC(CN1CCNCC1)C(=O)OCC(C)(COC(=O)C(C)CN1CCNCC1)COC(=O)C(C)CN1CCNCC1. The van der Waals surface area contributed by atoms with E-state index in [1.807, 2.05) is 27.7 Å². The Hall–Kier alpha value is -1.83. The van der Waals surface area contributed by atoms with Gasteiger partial charge in [0.05, 0.1) is 23.2 Å². The Morgan fingerprint density at radius 3 is 1.05 bits per heavy atom. The third-order valence-corrected chi connectivity index (χ3v) is 8.12. The van der Waals surface area contributed by atoms with E-state index < -0.39 is 5.41 Å². The van der Waals surface area contributed by atoms with Crippen LogP contribution < -0.4 is 16.0 Å². The van der Waals surface area contributed by atoms with Gasteiger partial charge in [0.25, 0.3) is 0 Å². The fraction of sp³-hybridized carbons (Fsp3) is 0.897. The smallest absolute Gasteiger partial charge is 0.309 e. The van der Waals surface area contributed by atoms with Crippen molar-refractivity contribution in [2.45, 2.75) is 27.7 Å². The minimum Gasteiger partial charge on any atom is -0.465 e. The molecule has 3 N–H and O–H groups in total. The second kappa shape index (κ2) is 17.3. The summed E-state index contributed by atoms with van der Waals surface area (Å²) in [5.74, 6) is -1.77. The topological polar surface area (TPSA) is 125 Å². The van der Waals surface area contributed by atoms with Crippen molar-refractivity contribution in [2.24, 2.45) is 23.2 Å². The fourth-order valence-electron chi connectivity index (χ4n) is 5.35. The molecule has 3 fully saturated rings. The summed E-state index contributed by atoms with van der Waals surface area (Å²) in [5.41, 5.74) is -0.862. The van der Waals surface area contributed by atoms with E-state index in [9.17, 15) is 14.4 Å². The van der Waals surface area contributed by atoms with Gasteiger partial charge in [-0.2, -0.15) is 0 Å². The zero-order valence-electron chi connectivity index (χ0n) is 25.8. The molecule has 0 aliphatic carbocycles. The summed E-state index contributed by atoms with van der Waals surface area (Å²) >= 11 is 0. The highest BCUT2D eigenvalue weighted by Crippen LogP contribution is 2.22. The van der Waals surface area contributed by atoms with Crippen LogP contribution in [0.3, 0.4) is 0 Å². The average Bonchev–Trinajstić information content (AvgIpc) is 2.99. The molecule has 0 bridgehead atoms. The molecule has 0 aromatic carbocycles. The molecule has 0 saturated carbocycles. The van der Waals surface area contributed by atoms with Gasteiger partial charge in [-0.3, -0.25) is 29.1 Å². The lowest BCUT2D eigenvalue weighted by Gasteiger charge is -2.32. The first kappa shape index (κ1) is 33.7. The first-order valence-electron chi connectivity index (χ1n) is 15.4. The van der Waals surface area contributed by atoms with E-state index >= 15 is 0 Å². The predicted octanol–water partition coefficient (Wildman–Crippen LogP) is -0.754. The van der Waals surface area contributed by atoms with Crippen LogP contribution in [0.2, 0.25) is 0 Å². The zero-order valence-corrected chi connectivity index (χ0v) is 25.8. The molecule has 41 heavy (non-hydrogen) atoms. The molecule has 3 unspecified atom stereocenters. The molecular formula is C29H54N6O6. The van der Waals surface area contributed by atoms with Crippen LogP contribution in [0.4, 0.5) is 0 Å². The van der Waals surface area contributed by atoms with Crippen LogP contribution in [-0.4, -0.2) is 151 Å². The van der Waals surface area contributed by atoms with Crippen LogP contribution in [0.1, 0.15) is 27.7 Å². The second-order valence-corrected chi connectivity index (χ2v) is 12.5. The molecule has 3 aliphatic heterocycles. The van der Waals surface area contributed by atoms with Crippen LogP contribution in [-0.2, 0) is 28.6 Å². The zero-order chi connectivity index (χ0) is 29.7. The molecule has 0 amide bonds. The van der Waals surface area contributed by atoms with Crippen molar-refractivity contribution < 1.29 is 28.6 Å². The van der Waals surface area contributed by atoms with Crippen molar-refractivity contribution in [2.75, 3.05) is 118 Å². The molecule has 12 heteroatoms. The molecule has 3 aliphatic rings. The van der Waals surface area contributed by atoms with Crippen molar-refractivity contribution >= 4 is 17.9 Å². The number of hydrogen-bond donors (Lipinski definition) is 3. The summed E-state index contributed by atoms with van der Waals surface area (Å²) < 4.78 is 17.2. The molecule has 12 nitrogen and oxygen atoms in total. The molecule has 0 spiro atoms. The lowest BCUT2D eigenvalue weighted by molar-refractivity contribution is -0.166. The molecule has 0 radical (unpaired) electrons. The standard InChI is InChI=1S/C29H54N6O6/c1-23(17-33-11-5-30-6-12-33)26(36)39-20-29(4,21-40-27(37)24(2)18-34-13-7-31-8-14-34)22-41-28(38)25(3)19-35-15-9-32-10-16-35/h23-25,30-32H,5-22H2,1-4H3. The summed E-state index contributed by atoms with van der Waals surface area (Å²) in [7, 11) is 0. The summed E-state index contributed by atoms with van der Waals surface area (Å²) in [6.45, 7) is 20.2. The Balaban J connectivity index is 1.53. The molecule has 236 valence electrons. The molecule has 3 saturated heterocycles. The highest BCUT2D eigenvalue weighted by Gasteiger charge is 2.34. The summed E-state index contributed by atoms with van der Waals surface area (Å²) in [6.07, 6.45) is 0. The van der Waals surface area contributed by atoms with Crippen LogP contribution in [0, 0.1) is 23.2 Å². The Morgan fingerprint density at radius 2 is 0.805 bits per heavy atom. The largest absolute Gasteiger partial charge is 0.465 e. The lowest BCUT2D eigenvalue weighted by Crippen LogP contribution is -2.47. The van der Waals surface area contributed by atoms with Crippen molar-refractivity contribution in [1.29, 1.82) is 0 Å². The number of nitrogens with one attached hydrogen (secondary N) is 3. The average molecular weight is 583 g/mol. The molecular weight excluding hydrogens is 528 g/mol. The van der Waals surface area contributed by atoms with Crippen molar-refractivity contribution in [3.05, 3.63) is 0 Å². The maximum Gasteiger partial charge on any atom is 0.309 e.